The number of anilines is 2. The van der Waals surface area contributed by atoms with E-state index in [-0.39, 0.29) is 23.2 Å². The van der Waals surface area contributed by atoms with Gasteiger partial charge in [0.2, 0.25) is 0 Å². The van der Waals surface area contributed by atoms with Crippen molar-refractivity contribution in [3.05, 3.63) is 106 Å². The highest BCUT2D eigenvalue weighted by Gasteiger charge is 2.17. The summed E-state index contributed by atoms with van der Waals surface area (Å²) in [6.07, 6.45) is 3.15. The molecule has 0 spiro atoms. The van der Waals surface area contributed by atoms with Crippen molar-refractivity contribution < 1.29 is 38.1 Å². The van der Waals surface area contributed by atoms with Crippen molar-refractivity contribution in [1.82, 2.24) is 20.6 Å². The van der Waals surface area contributed by atoms with Crippen molar-refractivity contribution in [2.24, 2.45) is 11.5 Å². The molecule has 0 aliphatic heterocycles. The Balaban J connectivity index is 0.000000218. The predicted octanol–water partition coefficient (Wildman–Crippen LogP) is 7.47. The van der Waals surface area contributed by atoms with E-state index in [9.17, 15) is 19.2 Å². The van der Waals surface area contributed by atoms with Crippen LogP contribution in [0.3, 0.4) is 0 Å². The van der Waals surface area contributed by atoms with E-state index in [1.54, 1.807) is 85.2 Å². The third-order valence-electron chi connectivity index (χ3n) is 7.97. The van der Waals surface area contributed by atoms with E-state index in [4.69, 9.17) is 53.6 Å². The lowest BCUT2D eigenvalue weighted by atomic mass is 10.1. The normalized spacial score (nSPS) is 10.4. The highest BCUT2D eigenvalue weighted by molar-refractivity contribution is 6.34. The number of fused-ring (bicyclic) bond motifs is 2. The number of pyridine rings is 2. The first-order valence-corrected chi connectivity index (χ1v) is 17.6. The van der Waals surface area contributed by atoms with Crippen LogP contribution in [0.4, 0.5) is 21.0 Å². The third-order valence-corrected chi connectivity index (χ3v) is 8.60. The van der Waals surface area contributed by atoms with E-state index < -0.39 is 11.8 Å². The predicted molar refractivity (Wildman–Crippen MR) is 217 cm³/mol. The zero-order valence-electron chi connectivity index (χ0n) is 30.9. The Kier molecular flexibility index (Phi) is 13.4. The molecule has 0 aliphatic carbocycles. The number of hydrogen-bond donors (Lipinski definition) is 6. The van der Waals surface area contributed by atoms with Crippen molar-refractivity contribution >= 4 is 80.3 Å². The Morgan fingerprint density at radius 2 is 1.07 bits per heavy atom. The number of methoxy groups -OCH3 is 2. The maximum atomic E-state index is 11.7. The number of hydrogen-bond acceptors (Lipinski definition) is 10. The molecule has 4 aromatic carbocycles. The summed E-state index contributed by atoms with van der Waals surface area (Å²) in [5.74, 6) is 1.22. The van der Waals surface area contributed by atoms with E-state index in [0.29, 0.717) is 84.3 Å². The number of nitrogens with zero attached hydrogens (tertiary/aromatic N) is 2. The minimum Gasteiger partial charge on any atom is -0.496 e. The molecule has 0 fully saturated rings. The number of carbonyl (C=O) groups is 4. The number of ether oxygens (including phenoxy) is 4. The number of urea groups is 2. The molecule has 0 saturated carbocycles. The second-order valence-electron chi connectivity index (χ2n) is 11.7. The van der Waals surface area contributed by atoms with Crippen molar-refractivity contribution in [3.63, 3.8) is 0 Å². The summed E-state index contributed by atoms with van der Waals surface area (Å²) in [5.41, 5.74) is 13.4. The lowest BCUT2D eigenvalue weighted by Gasteiger charge is -2.13. The fourth-order valence-electron chi connectivity index (χ4n) is 5.28. The van der Waals surface area contributed by atoms with Crippen LogP contribution in [0.5, 0.6) is 34.5 Å². The van der Waals surface area contributed by atoms with Crippen LogP contribution < -0.4 is 51.7 Å². The number of halogens is 2. The Bertz CT molecular complexity index is 2500. The average Bonchev–Trinajstić information content (AvgIpc) is 3.19. The molecular formula is C39H36Cl2N8O8. The summed E-state index contributed by atoms with van der Waals surface area (Å²) in [4.78, 5) is 55.1. The molecule has 18 heteroatoms. The number of amides is 6. The quantitative estimate of drug-likeness (QED) is 0.0755. The van der Waals surface area contributed by atoms with Crippen molar-refractivity contribution in [3.8, 4) is 34.5 Å². The smallest absolute Gasteiger partial charge is 0.319 e. The van der Waals surface area contributed by atoms with Crippen LogP contribution in [-0.4, -0.2) is 61.7 Å². The molecule has 0 radical (unpaired) electrons. The lowest BCUT2D eigenvalue weighted by molar-refractivity contribution is 0.0989. The fourth-order valence-corrected chi connectivity index (χ4v) is 5.72. The third kappa shape index (κ3) is 9.99. The van der Waals surface area contributed by atoms with Crippen LogP contribution in [-0.2, 0) is 0 Å². The van der Waals surface area contributed by atoms with Crippen LogP contribution in [0.1, 0.15) is 27.6 Å². The molecule has 2 aromatic heterocycles. The molecule has 16 nitrogen and oxygen atoms in total. The summed E-state index contributed by atoms with van der Waals surface area (Å²) in [6, 6.07) is 18.7. The molecule has 0 saturated heterocycles. The molecule has 0 aliphatic rings. The SMILES string of the molecule is CCNC(=O)Nc1ccc(Oc2ccnc3cc(OC)c(C(N)=O)cc23)cc1Cl.CNC(=O)Nc1ccc(Oc2ccnc3cc(OC)c(C(N)=O)cc23)cc1Cl. The number of carbonyl (C=O) groups excluding carboxylic acids is 4. The molecule has 294 valence electrons. The van der Waals surface area contributed by atoms with Gasteiger partial charge >= 0.3 is 12.1 Å². The maximum absolute atomic E-state index is 11.7. The number of nitrogens with one attached hydrogen (secondary N) is 4. The summed E-state index contributed by atoms with van der Waals surface area (Å²) >= 11 is 12.5. The monoisotopic (exact) mass is 814 g/mol. The molecule has 6 amide bonds. The zero-order valence-corrected chi connectivity index (χ0v) is 32.4. The maximum Gasteiger partial charge on any atom is 0.319 e. The van der Waals surface area contributed by atoms with Gasteiger partial charge in [0.05, 0.1) is 57.8 Å². The average molecular weight is 816 g/mol. The van der Waals surface area contributed by atoms with Crippen LogP contribution in [0.2, 0.25) is 10.0 Å². The summed E-state index contributed by atoms with van der Waals surface area (Å²) < 4.78 is 22.3. The van der Waals surface area contributed by atoms with Gasteiger partial charge in [-0.2, -0.15) is 0 Å². The number of benzene rings is 4. The largest absolute Gasteiger partial charge is 0.496 e. The van der Waals surface area contributed by atoms with Crippen molar-refractivity contribution in [1.29, 1.82) is 0 Å². The fraction of sp³-hybridized carbons (Fsp3) is 0.128. The molecule has 2 heterocycles. The Hall–Kier alpha value is -7.04. The van der Waals surface area contributed by atoms with Gasteiger partial charge in [-0.15, -0.1) is 0 Å². The van der Waals surface area contributed by atoms with Crippen molar-refractivity contribution in [2.75, 3.05) is 38.4 Å². The minimum atomic E-state index is -0.624. The topological polar surface area (TPSA) is 231 Å². The summed E-state index contributed by atoms with van der Waals surface area (Å²) in [6.45, 7) is 2.31. The highest BCUT2D eigenvalue weighted by Crippen LogP contribution is 2.37. The molecule has 6 aromatic rings. The standard InChI is InChI=1S/C20H19ClN4O4.C19H17ClN4O4/c1-3-23-20(27)25-15-5-4-11(8-14(15)21)29-17-6-7-24-16-10-18(28-2)13(19(22)26)9-12(16)17;1-22-19(26)24-14-4-3-10(7-13(14)20)28-16-5-6-23-15-9-17(27-2)12(18(21)25)8-11(15)16/h4-10H,3H2,1-2H3,(H2,22,26)(H2,23,25,27);3-9H,1-2H3,(H2,21,25)(H2,22,24,26). The Morgan fingerprint density at radius 1 is 0.632 bits per heavy atom. The zero-order chi connectivity index (χ0) is 41.2. The second kappa shape index (κ2) is 18.5. The van der Waals surface area contributed by atoms with E-state index >= 15 is 0 Å². The number of primary amides is 2. The number of nitrogens with two attached hydrogens (primary N) is 2. The molecule has 57 heavy (non-hydrogen) atoms. The summed E-state index contributed by atoms with van der Waals surface area (Å²) in [7, 11) is 4.40. The van der Waals surface area contributed by atoms with E-state index in [1.165, 1.54) is 21.3 Å². The van der Waals surface area contributed by atoms with Crippen LogP contribution in [0.15, 0.2) is 85.2 Å². The molecular weight excluding hydrogens is 779 g/mol. The summed E-state index contributed by atoms with van der Waals surface area (Å²) in [5, 5.41) is 12.1. The molecule has 0 atom stereocenters. The molecule has 6 rings (SSSR count). The van der Waals surface area contributed by atoms with Crippen LogP contribution >= 0.6 is 23.2 Å². The first-order valence-electron chi connectivity index (χ1n) is 16.9. The molecule has 0 bridgehead atoms. The van der Waals surface area contributed by atoms with E-state index in [0.717, 1.165) is 0 Å². The van der Waals surface area contributed by atoms with E-state index in [2.05, 4.69) is 31.2 Å². The first-order chi connectivity index (χ1) is 27.3. The van der Waals surface area contributed by atoms with E-state index in [1.807, 2.05) is 6.92 Å². The molecule has 0 unspecified atom stereocenters. The van der Waals surface area contributed by atoms with Gasteiger partial charge in [-0.3, -0.25) is 19.6 Å². The lowest BCUT2D eigenvalue weighted by Crippen LogP contribution is -2.28. The van der Waals surface area contributed by atoms with Crippen LogP contribution in [0.25, 0.3) is 21.8 Å². The van der Waals surface area contributed by atoms with Gasteiger partial charge in [-0.1, -0.05) is 23.2 Å². The van der Waals surface area contributed by atoms with Gasteiger partial charge in [0.15, 0.2) is 0 Å². The minimum absolute atomic E-state index is 0.219. The Morgan fingerprint density at radius 3 is 1.44 bits per heavy atom. The second-order valence-corrected chi connectivity index (χ2v) is 12.5. The van der Waals surface area contributed by atoms with Gasteiger partial charge < -0.3 is 51.7 Å². The van der Waals surface area contributed by atoms with Gasteiger partial charge in [0.25, 0.3) is 11.8 Å². The number of rotatable bonds is 11. The van der Waals surface area contributed by atoms with Crippen molar-refractivity contribution in [2.45, 2.75) is 6.92 Å². The van der Waals surface area contributed by atoms with Gasteiger partial charge in [-0.05, 0) is 55.5 Å². The van der Waals surface area contributed by atoms with Gasteiger partial charge in [-0.25, -0.2) is 9.59 Å². The first kappa shape index (κ1) is 41.1. The highest BCUT2D eigenvalue weighted by atomic mass is 35.5. The van der Waals surface area contributed by atoms with Gasteiger partial charge in [0, 0.05) is 61.0 Å². The van der Waals surface area contributed by atoms with Gasteiger partial charge in [0.1, 0.15) is 34.5 Å². The molecule has 8 N–H and O–H groups in total. The number of aromatic nitrogens is 2. The Labute approximate surface area is 335 Å². The van der Waals surface area contributed by atoms with Crippen LogP contribution in [0, 0.1) is 0 Å².